The zero-order valence-corrected chi connectivity index (χ0v) is 8.51. The first-order chi connectivity index (χ1) is 5.95. The van der Waals surface area contributed by atoms with E-state index in [0.29, 0.717) is 0 Å². The zero-order valence-electron chi connectivity index (χ0n) is 7.70. The van der Waals surface area contributed by atoms with Gasteiger partial charge in [-0.25, -0.2) is 14.2 Å². The topological polar surface area (TPSA) is 59.8 Å². The van der Waals surface area contributed by atoms with Crippen molar-refractivity contribution < 1.29 is 0 Å². The average molecular weight is 201 g/mol. The van der Waals surface area contributed by atoms with Crippen molar-refractivity contribution in [2.75, 3.05) is 0 Å². The highest BCUT2D eigenvalue weighted by molar-refractivity contribution is 7.71. The van der Waals surface area contributed by atoms with Crippen LogP contribution in [-0.4, -0.2) is 14.1 Å². The van der Waals surface area contributed by atoms with E-state index in [-0.39, 0.29) is 16.5 Å². The van der Waals surface area contributed by atoms with E-state index in [1.165, 1.54) is 11.6 Å². The molecule has 0 atom stereocenters. The fraction of sp³-hybridized carbons (Fsp3) is 0.571. The Morgan fingerprint density at radius 3 is 2.38 bits per heavy atom. The molecule has 0 saturated carbocycles. The summed E-state index contributed by atoms with van der Waals surface area (Å²) < 4.78 is 2.52. The Balaban J connectivity index is 3.75. The van der Waals surface area contributed by atoms with Crippen molar-refractivity contribution in [1.29, 1.82) is 0 Å². The molecule has 1 rings (SSSR count). The van der Waals surface area contributed by atoms with E-state index in [9.17, 15) is 9.59 Å². The lowest BCUT2D eigenvalue weighted by molar-refractivity contribution is 0.505. The molecule has 1 aromatic rings. The highest BCUT2D eigenvalue weighted by atomic mass is 32.1. The van der Waals surface area contributed by atoms with Gasteiger partial charge in [0.25, 0.3) is 0 Å². The molecule has 72 valence electrons. The van der Waals surface area contributed by atoms with Gasteiger partial charge >= 0.3 is 11.4 Å². The van der Waals surface area contributed by atoms with Crippen LogP contribution in [0.4, 0.5) is 0 Å². The van der Waals surface area contributed by atoms with Crippen LogP contribution in [0.1, 0.15) is 19.9 Å². The summed E-state index contributed by atoms with van der Waals surface area (Å²) in [7, 11) is 1.41. The van der Waals surface area contributed by atoms with Crippen molar-refractivity contribution in [3.63, 3.8) is 0 Å². The maximum atomic E-state index is 11.5. The minimum Gasteiger partial charge on any atom is -0.284 e. The molecule has 1 aromatic heterocycles. The molecule has 0 aromatic carbocycles. The molecule has 6 heteroatoms. The molecule has 0 spiro atoms. The molecule has 0 bridgehead atoms. The van der Waals surface area contributed by atoms with Gasteiger partial charge in [-0.05, 0) is 26.1 Å². The Morgan fingerprint density at radius 2 is 1.92 bits per heavy atom. The Labute approximate surface area is 79.7 Å². The lowest BCUT2D eigenvalue weighted by Gasteiger charge is -2.09. The van der Waals surface area contributed by atoms with E-state index in [4.69, 9.17) is 12.2 Å². The summed E-state index contributed by atoms with van der Waals surface area (Å²) in [4.78, 5) is 25.0. The molecule has 0 amide bonds. The van der Waals surface area contributed by atoms with Gasteiger partial charge in [0.2, 0.25) is 0 Å². The molecule has 0 aliphatic heterocycles. The summed E-state index contributed by atoms with van der Waals surface area (Å²) in [6.07, 6.45) is 0. The number of hydrogen-bond acceptors (Lipinski definition) is 3. The molecule has 1 N–H and O–H groups in total. The normalized spacial score (nSPS) is 10.8. The molecular formula is C7H11N3O2S. The third-order valence-corrected chi connectivity index (χ3v) is 2.05. The Hall–Kier alpha value is -1.17. The van der Waals surface area contributed by atoms with Crippen molar-refractivity contribution >= 4 is 12.2 Å². The van der Waals surface area contributed by atoms with Gasteiger partial charge in [0, 0.05) is 13.1 Å². The fourth-order valence-electron chi connectivity index (χ4n) is 1.03. The van der Waals surface area contributed by atoms with Crippen LogP contribution in [0, 0.1) is 4.77 Å². The first-order valence-corrected chi connectivity index (χ1v) is 4.28. The van der Waals surface area contributed by atoms with Crippen LogP contribution in [-0.2, 0) is 7.05 Å². The summed E-state index contributed by atoms with van der Waals surface area (Å²) in [5, 5.41) is 0. The molecular weight excluding hydrogens is 190 g/mol. The lowest BCUT2D eigenvalue weighted by Crippen LogP contribution is -2.40. The van der Waals surface area contributed by atoms with Crippen LogP contribution in [0.3, 0.4) is 0 Å². The first-order valence-electron chi connectivity index (χ1n) is 3.87. The second-order valence-electron chi connectivity index (χ2n) is 3.04. The zero-order chi connectivity index (χ0) is 10.2. The highest BCUT2D eigenvalue weighted by Crippen LogP contribution is 1.97. The highest BCUT2D eigenvalue weighted by Gasteiger charge is 2.06. The Morgan fingerprint density at radius 1 is 1.38 bits per heavy atom. The first kappa shape index (κ1) is 9.91. The van der Waals surface area contributed by atoms with E-state index in [1.54, 1.807) is 0 Å². The molecule has 1 heterocycles. The molecule has 0 radical (unpaired) electrons. The predicted octanol–water partition coefficient (Wildman–Crippen LogP) is 0.185. The molecule has 0 aliphatic rings. The van der Waals surface area contributed by atoms with Gasteiger partial charge in [-0.1, -0.05) is 0 Å². The van der Waals surface area contributed by atoms with Gasteiger partial charge in [-0.3, -0.25) is 9.55 Å². The summed E-state index contributed by atoms with van der Waals surface area (Å²) in [6, 6.07) is -0.0527. The van der Waals surface area contributed by atoms with Crippen molar-refractivity contribution in [3.05, 3.63) is 25.7 Å². The second kappa shape index (κ2) is 3.29. The number of rotatable bonds is 1. The van der Waals surface area contributed by atoms with Crippen LogP contribution in [0.5, 0.6) is 0 Å². The van der Waals surface area contributed by atoms with Gasteiger partial charge in [-0.15, -0.1) is 0 Å². The minimum absolute atomic E-state index is 0.0527. The molecule has 5 nitrogen and oxygen atoms in total. The van der Waals surface area contributed by atoms with Crippen LogP contribution in [0.25, 0.3) is 0 Å². The van der Waals surface area contributed by atoms with E-state index in [1.807, 2.05) is 13.8 Å². The van der Waals surface area contributed by atoms with E-state index in [0.717, 1.165) is 4.57 Å². The SMILES string of the molecule is CC(C)n1c(=S)[nH]c(=O)n(C)c1=O. The van der Waals surface area contributed by atoms with E-state index in [2.05, 4.69) is 4.98 Å². The van der Waals surface area contributed by atoms with Crippen molar-refractivity contribution in [2.24, 2.45) is 7.05 Å². The maximum Gasteiger partial charge on any atom is 0.334 e. The Kier molecular flexibility index (Phi) is 2.51. The van der Waals surface area contributed by atoms with Crippen LogP contribution in [0.2, 0.25) is 0 Å². The molecule has 0 aliphatic carbocycles. The predicted molar refractivity (Wildman–Crippen MR) is 51.5 cm³/mol. The van der Waals surface area contributed by atoms with Gasteiger partial charge in [0.15, 0.2) is 4.77 Å². The van der Waals surface area contributed by atoms with E-state index < -0.39 is 5.69 Å². The minimum atomic E-state index is -0.480. The number of aromatic amines is 1. The molecule has 0 unspecified atom stereocenters. The largest absolute Gasteiger partial charge is 0.334 e. The van der Waals surface area contributed by atoms with E-state index >= 15 is 0 Å². The third kappa shape index (κ3) is 1.62. The number of nitrogens with zero attached hydrogens (tertiary/aromatic N) is 2. The molecule has 13 heavy (non-hydrogen) atoms. The van der Waals surface area contributed by atoms with Crippen LogP contribution >= 0.6 is 12.2 Å². The summed E-state index contributed by atoms with van der Waals surface area (Å²) in [6.45, 7) is 3.66. The average Bonchev–Trinajstić information content (AvgIpc) is 1.99. The maximum absolute atomic E-state index is 11.5. The van der Waals surface area contributed by atoms with Gasteiger partial charge in [0.1, 0.15) is 0 Å². The molecule has 0 fully saturated rings. The third-order valence-electron chi connectivity index (χ3n) is 1.75. The lowest BCUT2D eigenvalue weighted by atomic mass is 10.4. The monoisotopic (exact) mass is 201 g/mol. The standard InChI is InChI=1S/C7H11N3O2S/c1-4(2)10-6(13)8-5(11)9(3)7(10)12/h4H,1-3H3,(H,8,11,13). The smallest absolute Gasteiger partial charge is 0.284 e. The number of nitrogens with one attached hydrogen (secondary N) is 1. The second-order valence-corrected chi connectivity index (χ2v) is 3.43. The Bertz CT molecular complexity index is 480. The number of H-pyrrole nitrogens is 1. The quantitative estimate of drug-likeness (QED) is 0.660. The van der Waals surface area contributed by atoms with Crippen molar-refractivity contribution in [2.45, 2.75) is 19.9 Å². The fourth-order valence-corrected chi connectivity index (χ4v) is 1.40. The molecule has 0 saturated heterocycles. The number of aromatic nitrogens is 3. The number of hydrogen-bond donors (Lipinski definition) is 1. The van der Waals surface area contributed by atoms with Gasteiger partial charge < -0.3 is 0 Å². The van der Waals surface area contributed by atoms with Crippen molar-refractivity contribution in [3.8, 4) is 0 Å². The summed E-state index contributed by atoms with van der Waals surface area (Å²) in [5.74, 6) is 0. The van der Waals surface area contributed by atoms with Crippen molar-refractivity contribution in [1.82, 2.24) is 14.1 Å². The van der Waals surface area contributed by atoms with Crippen LogP contribution in [0.15, 0.2) is 9.59 Å². The van der Waals surface area contributed by atoms with Gasteiger partial charge in [0.05, 0.1) is 0 Å². The summed E-state index contributed by atoms with van der Waals surface area (Å²) in [5.41, 5.74) is -0.865. The van der Waals surface area contributed by atoms with Crippen LogP contribution < -0.4 is 11.4 Å². The summed E-state index contributed by atoms with van der Waals surface area (Å²) >= 11 is 4.86. The van der Waals surface area contributed by atoms with Gasteiger partial charge in [-0.2, -0.15) is 0 Å².